The van der Waals surface area contributed by atoms with Crippen molar-refractivity contribution < 1.29 is 0 Å². The average Bonchev–Trinajstić information content (AvgIpc) is 2.68. The lowest BCUT2D eigenvalue weighted by molar-refractivity contribution is 0.615. The number of imidazole rings is 1. The Morgan fingerprint density at radius 1 is 1.38 bits per heavy atom. The van der Waals surface area contributed by atoms with Crippen molar-refractivity contribution in [3.63, 3.8) is 0 Å². The summed E-state index contributed by atoms with van der Waals surface area (Å²) >= 11 is 6.16. The van der Waals surface area contributed by atoms with E-state index in [4.69, 9.17) is 11.6 Å². The summed E-state index contributed by atoms with van der Waals surface area (Å²) in [5, 5.41) is 3.34. The highest BCUT2D eigenvalue weighted by Gasteiger charge is 2.10. The Labute approximate surface area is 100 Å². The molecule has 2 N–H and O–H groups in total. The van der Waals surface area contributed by atoms with E-state index in [1.807, 2.05) is 24.3 Å². The number of aromatic amines is 1. The number of anilines is 1. The highest BCUT2D eigenvalue weighted by atomic mass is 35.5. The van der Waals surface area contributed by atoms with E-state index >= 15 is 0 Å². The Morgan fingerprint density at radius 2 is 2.12 bits per heavy atom. The second kappa shape index (κ2) is 4.74. The molecule has 2 rings (SSSR count). The molecule has 3 nitrogen and oxygen atoms in total. The second-order valence-electron chi connectivity index (χ2n) is 4.24. The van der Waals surface area contributed by atoms with Crippen molar-refractivity contribution in [1.29, 1.82) is 0 Å². The smallest absolute Gasteiger partial charge is 0.201 e. The van der Waals surface area contributed by atoms with Gasteiger partial charge >= 0.3 is 0 Å². The largest absolute Gasteiger partial charge is 0.354 e. The van der Waals surface area contributed by atoms with Crippen molar-refractivity contribution in [3.05, 3.63) is 24.3 Å². The molecule has 1 atom stereocenters. The lowest BCUT2D eigenvalue weighted by atomic mass is 10.1. The third-order valence-electron chi connectivity index (χ3n) is 2.58. The van der Waals surface area contributed by atoms with Crippen LogP contribution in [0.3, 0.4) is 0 Å². The zero-order chi connectivity index (χ0) is 11.5. The number of rotatable bonds is 4. The van der Waals surface area contributed by atoms with Gasteiger partial charge in [-0.15, -0.1) is 11.6 Å². The molecule has 2 aromatic rings. The highest BCUT2D eigenvalue weighted by Crippen LogP contribution is 2.15. The monoisotopic (exact) mass is 237 g/mol. The van der Waals surface area contributed by atoms with Crippen LogP contribution in [0.15, 0.2) is 24.3 Å². The predicted molar refractivity (Wildman–Crippen MR) is 69.1 cm³/mol. The average molecular weight is 238 g/mol. The maximum atomic E-state index is 6.16. The first-order valence-corrected chi connectivity index (χ1v) is 5.93. The van der Waals surface area contributed by atoms with Crippen LogP contribution in [-0.4, -0.2) is 21.9 Å². The zero-order valence-corrected chi connectivity index (χ0v) is 10.3. The summed E-state index contributed by atoms with van der Waals surface area (Å²) in [5.74, 6) is 1.24. The molecule has 0 amide bonds. The Hall–Kier alpha value is -1.22. The van der Waals surface area contributed by atoms with Gasteiger partial charge in [0.2, 0.25) is 5.95 Å². The standard InChI is InChI=1S/C12H16ClN3/c1-8(2)9(13)7-14-12-15-10-5-3-4-6-11(10)16-12/h3-6,8-9H,7H2,1-2H3,(H2,14,15,16). The van der Waals surface area contributed by atoms with Gasteiger partial charge in [0.15, 0.2) is 0 Å². The molecule has 1 unspecified atom stereocenters. The van der Waals surface area contributed by atoms with Crippen LogP contribution in [0.25, 0.3) is 11.0 Å². The van der Waals surface area contributed by atoms with E-state index in [9.17, 15) is 0 Å². The number of fused-ring (bicyclic) bond motifs is 1. The summed E-state index contributed by atoms with van der Waals surface area (Å²) in [6, 6.07) is 7.96. The fraction of sp³-hybridized carbons (Fsp3) is 0.417. The third kappa shape index (κ3) is 2.47. The number of aromatic nitrogens is 2. The first-order valence-electron chi connectivity index (χ1n) is 5.49. The molecule has 1 aromatic carbocycles. The van der Waals surface area contributed by atoms with Gasteiger partial charge < -0.3 is 10.3 Å². The summed E-state index contributed by atoms with van der Waals surface area (Å²) < 4.78 is 0. The Balaban J connectivity index is 2.05. The van der Waals surface area contributed by atoms with Crippen LogP contribution < -0.4 is 5.32 Å². The van der Waals surface area contributed by atoms with Gasteiger partial charge in [-0.3, -0.25) is 0 Å². The van der Waals surface area contributed by atoms with Crippen molar-refractivity contribution in [3.8, 4) is 0 Å². The molecule has 1 aromatic heterocycles. The van der Waals surface area contributed by atoms with Crippen LogP contribution in [0.4, 0.5) is 5.95 Å². The van der Waals surface area contributed by atoms with E-state index in [0.717, 1.165) is 23.5 Å². The molecular formula is C12H16ClN3. The van der Waals surface area contributed by atoms with Crippen LogP contribution in [-0.2, 0) is 0 Å². The molecule has 0 saturated carbocycles. The first-order chi connectivity index (χ1) is 7.66. The first kappa shape index (κ1) is 11.3. The summed E-state index contributed by atoms with van der Waals surface area (Å²) in [6.45, 7) is 4.94. The lowest BCUT2D eigenvalue weighted by Crippen LogP contribution is -2.19. The van der Waals surface area contributed by atoms with E-state index in [2.05, 4.69) is 29.1 Å². The minimum Gasteiger partial charge on any atom is -0.354 e. The minimum atomic E-state index is 0.119. The number of hydrogen-bond donors (Lipinski definition) is 2. The summed E-state index contributed by atoms with van der Waals surface area (Å²) in [4.78, 5) is 7.63. The second-order valence-corrected chi connectivity index (χ2v) is 4.80. The van der Waals surface area contributed by atoms with Crippen molar-refractivity contribution in [2.45, 2.75) is 19.2 Å². The number of para-hydroxylation sites is 2. The van der Waals surface area contributed by atoms with Gasteiger partial charge in [0.1, 0.15) is 0 Å². The molecule has 0 bridgehead atoms. The van der Waals surface area contributed by atoms with Gasteiger partial charge in [-0.25, -0.2) is 4.98 Å². The molecule has 0 aliphatic heterocycles. The molecule has 0 radical (unpaired) electrons. The van der Waals surface area contributed by atoms with Gasteiger partial charge in [0.05, 0.1) is 16.4 Å². The number of hydrogen-bond acceptors (Lipinski definition) is 2. The SMILES string of the molecule is CC(C)C(Cl)CNc1nc2ccccc2[nH]1. The zero-order valence-electron chi connectivity index (χ0n) is 9.50. The van der Waals surface area contributed by atoms with Gasteiger partial charge in [-0.2, -0.15) is 0 Å². The molecule has 86 valence electrons. The fourth-order valence-electron chi connectivity index (χ4n) is 1.47. The van der Waals surface area contributed by atoms with E-state index in [1.54, 1.807) is 0 Å². The minimum absolute atomic E-state index is 0.119. The maximum Gasteiger partial charge on any atom is 0.201 e. The van der Waals surface area contributed by atoms with Gasteiger partial charge in [-0.05, 0) is 18.1 Å². The van der Waals surface area contributed by atoms with Crippen LogP contribution in [0, 0.1) is 5.92 Å². The molecule has 1 heterocycles. The summed E-state index contributed by atoms with van der Waals surface area (Å²) in [6.07, 6.45) is 0. The molecular weight excluding hydrogens is 222 g/mol. The number of nitrogens with zero attached hydrogens (tertiary/aromatic N) is 1. The molecule has 0 aliphatic rings. The van der Waals surface area contributed by atoms with Crippen LogP contribution in [0.5, 0.6) is 0 Å². The Morgan fingerprint density at radius 3 is 2.81 bits per heavy atom. The molecule has 0 saturated heterocycles. The van der Waals surface area contributed by atoms with Crippen molar-refractivity contribution in [2.24, 2.45) is 5.92 Å². The third-order valence-corrected chi connectivity index (χ3v) is 3.24. The van der Waals surface area contributed by atoms with Crippen molar-refractivity contribution in [2.75, 3.05) is 11.9 Å². The topological polar surface area (TPSA) is 40.7 Å². The van der Waals surface area contributed by atoms with Gasteiger partial charge in [-0.1, -0.05) is 26.0 Å². The van der Waals surface area contributed by atoms with E-state index in [1.165, 1.54) is 0 Å². The summed E-state index contributed by atoms with van der Waals surface area (Å²) in [5.41, 5.74) is 2.02. The normalized spacial score (nSPS) is 13.2. The van der Waals surface area contributed by atoms with Crippen LogP contribution in [0.2, 0.25) is 0 Å². The van der Waals surface area contributed by atoms with Crippen LogP contribution >= 0.6 is 11.6 Å². The maximum absolute atomic E-state index is 6.16. The van der Waals surface area contributed by atoms with Crippen molar-refractivity contribution in [1.82, 2.24) is 9.97 Å². The Kier molecular flexibility index (Phi) is 3.34. The quantitative estimate of drug-likeness (QED) is 0.802. The molecule has 0 aliphatic carbocycles. The van der Waals surface area contributed by atoms with Crippen LogP contribution in [0.1, 0.15) is 13.8 Å². The predicted octanol–water partition coefficient (Wildman–Crippen LogP) is 3.24. The Bertz CT molecular complexity index is 431. The lowest BCUT2D eigenvalue weighted by Gasteiger charge is -2.13. The molecule has 4 heteroatoms. The van der Waals surface area contributed by atoms with Gasteiger partial charge in [0.25, 0.3) is 0 Å². The number of alkyl halides is 1. The summed E-state index contributed by atoms with van der Waals surface area (Å²) in [7, 11) is 0. The van der Waals surface area contributed by atoms with E-state index in [0.29, 0.717) is 5.92 Å². The number of nitrogens with one attached hydrogen (secondary N) is 2. The van der Waals surface area contributed by atoms with E-state index in [-0.39, 0.29) is 5.38 Å². The fourth-order valence-corrected chi connectivity index (χ4v) is 1.54. The molecule has 0 fully saturated rings. The van der Waals surface area contributed by atoms with Crippen molar-refractivity contribution >= 4 is 28.6 Å². The van der Waals surface area contributed by atoms with E-state index < -0.39 is 0 Å². The molecule has 16 heavy (non-hydrogen) atoms. The number of H-pyrrole nitrogens is 1. The highest BCUT2D eigenvalue weighted by molar-refractivity contribution is 6.21. The number of halogens is 1. The van der Waals surface area contributed by atoms with Gasteiger partial charge in [0, 0.05) is 6.54 Å². The molecule has 0 spiro atoms. The number of benzene rings is 1.